The lowest BCUT2D eigenvalue weighted by atomic mass is 10.2. The Morgan fingerprint density at radius 2 is 2.04 bits per heavy atom. The highest BCUT2D eigenvalue weighted by Gasteiger charge is 2.15. The topological polar surface area (TPSA) is 65.2 Å². The van der Waals surface area contributed by atoms with Gasteiger partial charge in [-0.25, -0.2) is 4.79 Å². The molecule has 118 valence electrons. The van der Waals surface area contributed by atoms with Gasteiger partial charge in [-0.15, -0.1) is 21.5 Å². The summed E-state index contributed by atoms with van der Waals surface area (Å²) < 4.78 is 10.8. The number of hydrogen-bond donors (Lipinski definition) is 0. The highest BCUT2D eigenvalue weighted by Crippen LogP contribution is 2.23. The van der Waals surface area contributed by atoms with Crippen molar-refractivity contribution in [1.82, 2.24) is 10.2 Å². The summed E-state index contributed by atoms with van der Waals surface area (Å²) in [5.74, 6) is 0.329. The van der Waals surface area contributed by atoms with Gasteiger partial charge in [0.05, 0.1) is 0 Å². The van der Waals surface area contributed by atoms with Crippen LogP contribution in [0, 0.1) is 6.92 Å². The zero-order valence-electron chi connectivity index (χ0n) is 12.9. The first-order valence-corrected chi connectivity index (χ1v) is 8.13. The Morgan fingerprint density at radius 1 is 1.26 bits per heavy atom. The van der Waals surface area contributed by atoms with E-state index in [9.17, 15) is 4.79 Å². The van der Waals surface area contributed by atoms with E-state index in [2.05, 4.69) is 17.1 Å². The van der Waals surface area contributed by atoms with Gasteiger partial charge in [-0.05, 0) is 37.1 Å². The fourth-order valence-corrected chi connectivity index (χ4v) is 3.19. The van der Waals surface area contributed by atoms with Crippen molar-refractivity contribution in [1.29, 1.82) is 0 Å². The van der Waals surface area contributed by atoms with E-state index >= 15 is 0 Å². The molecule has 0 spiro atoms. The molecule has 23 heavy (non-hydrogen) atoms. The number of esters is 1. The zero-order valence-corrected chi connectivity index (χ0v) is 13.7. The van der Waals surface area contributed by atoms with E-state index in [4.69, 9.17) is 9.15 Å². The maximum Gasteiger partial charge on any atom is 0.348 e. The SMILES string of the molecule is CCc1cc(C(=O)OCc2nnc(-c3ccccc3)o2)sc1C. The normalized spacial score (nSPS) is 10.7. The molecule has 0 aliphatic carbocycles. The summed E-state index contributed by atoms with van der Waals surface area (Å²) in [5, 5.41) is 7.87. The second-order valence-electron chi connectivity index (χ2n) is 4.99. The van der Waals surface area contributed by atoms with E-state index in [1.165, 1.54) is 16.9 Å². The molecule has 0 fully saturated rings. The van der Waals surface area contributed by atoms with E-state index in [1.807, 2.05) is 43.3 Å². The van der Waals surface area contributed by atoms with E-state index in [-0.39, 0.29) is 18.5 Å². The molecule has 2 heterocycles. The number of hydrogen-bond acceptors (Lipinski definition) is 6. The molecule has 3 aromatic rings. The average Bonchev–Trinajstić information content (AvgIpc) is 3.20. The van der Waals surface area contributed by atoms with Crippen molar-refractivity contribution < 1.29 is 13.9 Å². The molecule has 5 nitrogen and oxygen atoms in total. The third kappa shape index (κ3) is 3.48. The number of aryl methyl sites for hydroxylation is 2. The van der Waals surface area contributed by atoms with Crippen molar-refractivity contribution in [2.24, 2.45) is 0 Å². The molecule has 0 saturated carbocycles. The number of rotatable bonds is 5. The first kappa shape index (κ1) is 15.4. The van der Waals surface area contributed by atoms with Gasteiger partial charge in [0, 0.05) is 10.4 Å². The monoisotopic (exact) mass is 328 g/mol. The minimum Gasteiger partial charge on any atom is -0.451 e. The van der Waals surface area contributed by atoms with Crippen LogP contribution < -0.4 is 0 Å². The molecule has 3 rings (SSSR count). The third-order valence-electron chi connectivity index (χ3n) is 3.42. The number of nitrogens with zero attached hydrogens (tertiary/aromatic N) is 2. The van der Waals surface area contributed by atoms with Gasteiger partial charge in [0.15, 0.2) is 6.61 Å². The molecule has 0 aliphatic heterocycles. The van der Waals surface area contributed by atoms with Crippen LogP contribution in [0.4, 0.5) is 0 Å². The smallest absolute Gasteiger partial charge is 0.348 e. The number of ether oxygens (including phenoxy) is 1. The number of thiophene rings is 1. The largest absolute Gasteiger partial charge is 0.451 e. The van der Waals surface area contributed by atoms with Crippen LogP contribution in [0.3, 0.4) is 0 Å². The van der Waals surface area contributed by atoms with Crippen LogP contribution in [0.2, 0.25) is 0 Å². The molecule has 1 aromatic carbocycles. The molecule has 0 aliphatic rings. The van der Waals surface area contributed by atoms with Crippen LogP contribution in [0.15, 0.2) is 40.8 Å². The minimum absolute atomic E-state index is 0.0307. The van der Waals surface area contributed by atoms with Crippen LogP contribution >= 0.6 is 11.3 Å². The molecule has 0 saturated heterocycles. The van der Waals surface area contributed by atoms with Crippen molar-refractivity contribution in [2.75, 3.05) is 0 Å². The summed E-state index contributed by atoms with van der Waals surface area (Å²) in [6.45, 7) is 4.04. The Kier molecular flexibility index (Phi) is 4.52. The van der Waals surface area contributed by atoms with E-state index < -0.39 is 0 Å². The summed E-state index contributed by atoms with van der Waals surface area (Å²) in [7, 11) is 0. The Balaban J connectivity index is 1.64. The maximum atomic E-state index is 12.1. The second-order valence-corrected chi connectivity index (χ2v) is 6.25. The van der Waals surface area contributed by atoms with Crippen molar-refractivity contribution >= 4 is 17.3 Å². The van der Waals surface area contributed by atoms with Crippen molar-refractivity contribution in [3.05, 3.63) is 57.6 Å². The lowest BCUT2D eigenvalue weighted by Gasteiger charge is -1.98. The predicted molar refractivity (Wildman–Crippen MR) is 87.3 cm³/mol. The third-order valence-corrected chi connectivity index (χ3v) is 4.49. The van der Waals surface area contributed by atoms with Gasteiger partial charge >= 0.3 is 5.97 Å². The quantitative estimate of drug-likeness (QED) is 0.662. The Labute approximate surface area is 137 Å². The summed E-state index contributed by atoms with van der Waals surface area (Å²) in [4.78, 5) is 13.8. The molecule has 0 amide bonds. The van der Waals surface area contributed by atoms with Gasteiger partial charge in [-0.3, -0.25) is 0 Å². The second kappa shape index (κ2) is 6.75. The van der Waals surface area contributed by atoms with Gasteiger partial charge in [-0.2, -0.15) is 0 Å². The maximum absolute atomic E-state index is 12.1. The van der Waals surface area contributed by atoms with Crippen LogP contribution in [-0.4, -0.2) is 16.2 Å². The summed E-state index contributed by atoms with van der Waals surface area (Å²) >= 11 is 1.44. The summed E-state index contributed by atoms with van der Waals surface area (Å²) in [6.07, 6.45) is 0.902. The lowest BCUT2D eigenvalue weighted by Crippen LogP contribution is -2.03. The summed E-state index contributed by atoms with van der Waals surface area (Å²) in [6, 6.07) is 11.3. The van der Waals surface area contributed by atoms with Gasteiger partial charge < -0.3 is 9.15 Å². The molecule has 6 heteroatoms. The summed E-state index contributed by atoms with van der Waals surface area (Å²) in [5.41, 5.74) is 2.00. The predicted octanol–water partition coefficient (Wildman–Crippen LogP) is 4.03. The van der Waals surface area contributed by atoms with Crippen LogP contribution in [0.5, 0.6) is 0 Å². The number of carbonyl (C=O) groups excluding carboxylic acids is 1. The molecule has 0 bridgehead atoms. The van der Waals surface area contributed by atoms with Gasteiger partial charge in [0.25, 0.3) is 5.89 Å². The Bertz CT molecular complexity index is 808. The first-order chi connectivity index (χ1) is 11.2. The molecule has 0 unspecified atom stereocenters. The number of carbonyl (C=O) groups is 1. The fraction of sp³-hybridized carbons (Fsp3) is 0.235. The average molecular weight is 328 g/mol. The van der Waals surface area contributed by atoms with E-state index in [0.717, 1.165) is 16.9 Å². The first-order valence-electron chi connectivity index (χ1n) is 7.31. The molecular weight excluding hydrogens is 312 g/mol. The number of benzene rings is 1. The standard InChI is InChI=1S/C17H16N2O3S/c1-3-12-9-14(23-11(12)2)17(20)21-10-15-18-19-16(22-15)13-7-5-4-6-8-13/h4-9H,3,10H2,1-2H3. The highest BCUT2D eigenvalue weighted by molar-refractivity contribution is 7.14. The molecule has 0 radical (unpaired) electrons. The van der Waals surface area contributed by atoms with Gasteiger partial charge in [0.1, 0.15) is 4.88 Å². The van der Waals surface area contributed by atoms with Crippen LogP contribution in [-0.2, 0) is 17.8 Å². The molecule has 2 aromatic heterocycles. The highest BCUT2D eigenvalue weighted by atomic mass is 32.1. The zero-order chi connectivity index (χ0) is 16.2. The number of aromatic nitrogens is 2. The van der Waals surface area contributed by atoms with Gasteiger partial charge in [0.2, 0.25) is 5.89 Å². The molecular formula is C17H16N2O3S. The lowest BCUT2D eigenvalue weighted by molar-refractivity contribution is 0.0444. The van der Waals surface area contributed by atoms with Crippen molar-refractivity contribution in [3.8, 4) is 11.5 Å². The Hall–Kier alpha value is -2.47. The van der Waals surface area contributed by atoms with E-state index in [0.29, 0.717) is 10.8 Å². The van der Waals surface area contributed by atoms with Crippen LogP contribution in [0.25, 0.3) is 11.5 Å². The minimum atomic E-state index is -0.364. The molecule has 0 atom stereocenters. The fourth-order valence-electron chi connectivity index (χ4n) is 2.18. The van der Waals surface area contributed by atoms with Crippen LogP contribution in [0.1, 0.15) is 32.9 Å². The molecule has 0 N–H and O–H groups in total. The van der Waals surface area contributed by atoms with Crippen molar-refractivity contribution in [3.63, 3.8) is 0 Å². The van der Waals surface area contributed by atoms with E-state index in [1.54, 1.807) is 0 Å². The Morgan fingerprint density at radius 3 is 2.74 bits per heavy atom. The van der Waals surface area contributed by atoms with Crippen molar-refractivity contribution in [2.45, 2.75) is 26.9 Å². The van der Waals surface area contributed by atoms with Gasteiger partial charge in [-0.1, -0.05) is 25.1 Å².